The van der Waals surface area contributed by atoms with E-state index >= 15 is 0 Å². The van der Waals surface area contributed by atoms with Crippen LogP contribution in [0.15, 0.2) is 121 Å². The third-order valence-electron chi connectivity index (χ3n) is 4.93. The Morgan fingerprint density at radius 1 is 0.410 bits per heavy atom. The molecule has 0 N–H and O–H groups in total. The fourth-order valence-electron chi connectivity index (χ4n) is 2.99. The zero-order valence-electron chi connectivity index (χ0n) is 21.2. The topological polar surface area (TPSA) is 117 Å². The second-order valence-corrected chi connectivity index (χ2v) is 10.8. The van der Waals surface area contributed by atoms with Crippen molar-refractivity contribution in [3.05, 3.63) is 144 Å². The standard InChI is InChI=1S/2C14H15O4P.Ca/c2*15-19(16,17-11-13-7-3-1-4-8-13)18-12-14-9-5-2-6-10-14;/h2*1-10H,11-12H2,(H,15,16);/q;;+2/p-2. The van der Waals surface area contributed by atoms with Crippen LogP contribution in [0.3, 0.4) is 0 Å². The van der Waals surface area contributed by atoms with Gasteiger partial charge in [-0.25, -0.2) is 0 Å². The molecule has 0 spiro atoms. The van der Waals surface area contributed by atoms with Crippen LogP contribution in [0.4, 0.5) is 0 Å². The van der Waals surface area contributed by atoms with Crippen molar-refractivity contribution in [3.8, 4) is 0 Å². The van der Waals surface area contributed by atoms with Gasteiger partial charge in [0.25, 0.3) is 15.6 Å². The molecule has 8 nitrogen and oxygen atoms in total. The number of phosphoric acid groups is 2. The van der Waals surface area contributed by atoms with Gasteiger partial charge in [-0.05, 0) is 22.3 Å². The average molecular weight is 595 g/mol. The van der Waals surface area contributed by atoms with E-state index < -0.39 is 15.6 Å². The van der Waals surface area contributed by atoms with Crippen molar-refractivity contribution >= 4 is 53.4 Å². The molecule has 4 rings (SSSR count). The third-order valence-corrected chi connectivity index (χ3v) is 6.71. The Morgan fingerprint density at radius 3 is 0.769 bits per heavy atom. The van der Waals surface area contributed by atoms with Crippen LogP contribution in [0.25, 0.3) is 0 Å². The third kappa shape index (κ3) is 14.5. The molecule has 4 aromatic carbocycles. The van der Waals surface area contributed by atoms with E-state index in [0.717, 1.165) is 22.3 Å². The molecule has 0 saturated heterocycles. The van der Waals surface area contributed by atoms with Gasteiger partial charge < -0.3 is 27.9 Å². The van der Waals surface area contributed by atoms with E-state index in [4.69, 9.17) is 18.1 Å². The first-order valence-corrected chi connectivity index (χ1v) is 14.6. The summed E-state index contributed by atoms with van der Waals surface area (Å²) in [4.78, 5) is 23.1. The number of benzene rings is 4. The van der Waals surface area contributed by atoms with Gasteiger partial charge in [0.05, 0.1) is 26.4 Å². The quantitative estimate of drug-likeness (QED) is 0.158. The summed E-state index contributed by atoms with van der Waals surface area (Å²) in [5.41, 5.74) is 3.12. The first kappa shape index (κ1) is 33.6. The van der Waals surface area contributed by atoms with E-state index in [1.54, 1.807) is 48.5 Å². The number of hydrogen-bond acceptors (Lipinski definition) is 8. The maximum absolute atomic E-state index is 11.6. The Morgan fingerprint density at radius 2 is 0.590 bits per heavy atom. The van der Waals surface area contributed by atoms with E-state index in [9.17, 15) is 18.9 Å². The van der Waals surface area contributed by atoms with E-state index in [1.807, 2.05) is 72.8 Å². The van der Waals surface area contributed by atoms with Gasteiger partial charge in [0.1, 0.15) is 0 Å². The molecular weight excluding hydrogens is 566 g/mol. The van der Waals surface area contributed by atoms with Crippen LogP contribution in [-0.2, 0) is 53.7 Å². The molecule has 0 fully saturated rings. The van der Waals surface area contributed by atoms with E-state index in [0.29, 0.717) is 0 Å². The van der Waals surface area contributed by atoms with Crippen molar-refractivity contribution in [3.63, 3.8) is 0 Å². The SMILES string of the molecule is O=P([O-])(OCc1ccccc1)OCc1ccccc1.O=P([O-])(OCc1ccccc1)OCc1ccccc1.[Ca+2]. The molecular formula is C28H28CaO8P2. The largest absolute Gasteiger partial charge is 2.00 e. The number of rotatable bonds is 12. The minimum atomic E-state index is -4.27. The van der Waals surface area contributed by atoms with Crippen molar-refractivity contribution in [1.82, 2.24) is 0 Å². The van der Waals surface area contributed by atoms with Crippen LogP contribution in [0, 0.1) is 0 Å². The maximum Gasteiger partial charge on any atom is 2.00 e. The summed E-state index contributed by atoms with van der Waals surface area (Å²) in [6, 6.07) is 36.3. The number of hydrogen-bond donors (Lipinski definition) is 0. The molecule has 0 aromatic heterocycles. The predicted octanol–water partition coefficient (Wildman–Crippen LogP) is 5.40. The fourth-order valence-corrected chi connectivity index (χ4v) is 4.36. The molecule has 0 aliphatic rings. The van der Waals surface area contributed by atoms with Crippen LogP contribution in [0.5, 0.6) is 0 Å². The van der Waals surface area contributed by atoms with Crippen molar-refractivity contribution in [2.45, 2.75) is 26.4 Å². The van der Waals surface area contributed by atoms with Gasteiger partial charge in [0.2, 0.25) is 0 Å². The van der Waals surface area contributed by atoms with Gasteiger partial charge in [-0.1, -0.05) is 121 Å². The molecule has 0 unspecified atom stereocenters. The van der Waals surface area contributed by atoms with E-state index in [1.165, 1.54) is 0 Å². The van der Waals surface area contributed by atoms with Crippen molar-refractivity contribution < 1.29 is 37.0 Å². The summed E-state index contributed by atoms with van der Waals surface area (Å²) >= 11 is 0. The monoisotopic (exact) mass is 594 g/mol. The fraction of sp³-hybridized carbons (Fsp3) is 0.143. The first-order valence-electron chi connectivity index (χ1n) is 11.7. The molecule has 0 heterocycles. The molecule has 0 aliphatic carbocycles. The van der Waals surface area contributed by atoms with Crippen LogP contribution < -0.4 is 9.79 Å². The van der Waals surface area contributed by atoms with Crippen molar-refractivity contribution in [2.24, 2.45) is 0 Å². The van der Waals surface area contributed by atoms with Crippen LogP contribution in [-0.4, -0.2) is 37.7 Å². The molecule has 11 heteroatoms. The van der Waals surface area contributed by atoms with Gasteiger partial charge in [-0.3, -0.25) is 9.13 Å². The molecule has 200 valence electrons. The Kier molecular flexibility index (Phi) is 15.4. The van der Waals surface area contributed by atoms with E-state index in [2.05, 4.69) is 0 Å². The zero-order chi connectivity index (χ0) is 27.1. The maximum atomic E-state index is 11.6. The van der Waals surface area contributed by atoms with Gasteiger partial charge in [-0.2, -0.15) is 0 Å². The minimum absolute atomic E-state index is 0. The summed E-state index contributed by atoms with van der Waals surface area (Å²) in [6.45, 7) is -0.0698. The Balaban J connectivity index is 0.000000267. The van der Waals surface area contributed by atoms with Gasteiger partial charge >= 0.3 is 37.7 Å². The molecule has 0 radical (unpaired) electrons. The molecule has 39 heavy (non-hydrogen) atoms. The smallest absolute Gasteiger partial charge is 0.756 e. The van der Waals surface area contributed by atoms with Gasteiger partial charge in [-0.15, -0.1) is 0 Å². The summed E-state index contributed by atoms with van der Waals surface area (Å²) in [5, 5.41) is 0. The van der Waals surface area contributed by atoms with Gasteiger partial charge in [0.15, 0.2) is 0 Å². The van der Waals surface area contributed by atoms with Crippen LogP contribution in [0.1, 0.15) is 22.3 Å². The molecule has 0 saturated carbocycles. The molecule has 0 aliphatic heterocycles. The molecule has 0 bridgehead atoms. The summed E-state index contributed by atoms with van der Waals surface area (Å²) < 4.78 is 42.4. The van der Waals surface area contributed by atoms with Crippen molar-refractivity contribution in [2.75, 3.05) is 0 Å². The average Bonchev–Trinajstić information content (AvgIpc) is 2.96. The second kappa shape index (κ2) is 17.9. The molecule has 4 aromatic rings. The predicted molar refractivity (Wildman–Crippen MR) is 146 cm³/mol. The number of phosphoric ester groups is 2. The Bertz CT molecular complexity index is 1100. The molecule has 0 amide bonds. The van der Waals surface area contributed by atoms with Crippen molar-refractivity contribution in [1.29, 1.82) is 0 Å². The summed E-state index contributed by atoms with van der Waals surface area (Å²) in [5.74, 6) is 0. The van der Waals surface area contributed by atoms with Gasteiger partial charge in [0, 0.05) is 0 Å². The Hall–Kier alpha value is -1.64. The normalized spacial score (nSPS) is 11.1. The summed E-state index contributed by atoms with van der Waals surface area (Å²) in [7, 11) is -8.55. The van der Waals surface area contributed by atoms with Crippen LogP contribution in [0.2, 0.25) is 0 Å². The zero-order valence-corrected chi connectivity index (χ0v) is 25.2. The molecule has 0 atom stereocenters. The first-order chi connectivity index (χ1) is 18.3. The summed E-state index contributed by atoms with van der Waals surface area (Å²) in [6.07, 6.45) is 0. The minimum Gasteiger partial charge on any atom is -0.756 e. The van der Waals surface area contributed by atoms with E-state index in [-0.39, 0.29) is 64.2 Å². The Labute approximate surface area is 258 Å². The second-order valence-electron chi connectivity index (χ2n) is 7.93. The van der Waals surface area contributed by atoms with Crippen LogP contribution >= 0.6 is 15.6 Å².